The molecule has 1 aliphatic carbocycles. The molecule has 0 spiro atoms. The number of nitrogens with one attached hydrogen (secondary N) is 1. The second-order valence-corrected chi connectivity index (χ2v) is 7.19. The molecule has 10 heteroatoms. The van der Waals surface area contributed by atoms with Crippen LogP contribution in [0.5, 0.6) is 5.75 Å². The first kappa shape index (κ1) is 19.4. The van der Waals surface area contributed by atoms with Gasteiger partial charge in [-0.25, -0.2) is 13.1 Å². The first-order chi connectivity index (χ1) is 9.72. The normalized spacial score (nSPS) is 16.8. The Morgan fingerprint density at radius 1 is 1.41 bits per heavy atom. The third-order valence-corrected chi connectivity index (χ3v) is 5.09. The van der Waals surface area contributed by atoms with Gasteiger partial charge < -0.3 is 10.5 Å². The lowest BCUT2D eigenvalue weighted by Crippen LogP contribution is -2.54. The summed E-state index contributed by atoms with van der Waals surface area (Å²) < 4.78 is 55.0. The van der Waals surface area contributed by atoms with E-state index in [1.54, 1.807) is 0 Å². The number of benzene rings is 1. The van der Waals surface area contributed by atoms with E-state index in [1.807, 2.05) is 0 Å². The smallest absolute Gasteiger partial charge is 0.387 e. The van der Waals surface area contributed by atoms with Crippen molar-refractivity contribution in [2.45, 2.75) is 36.3 Å². The van der Waals surface area contributed by atoms with Crippen molar-refractivity contribution in [3.05, 3.63) is 23.2 Å². The Bertz CT molecular complexity index is 625. The van der Waals surface area contributed by atoms with Crippen LogP contribution in [-0.4, -0.2) is 27.1 Å². The number of hydrogen-bond acceptors (Lipinski definition) is 4. The van der Waals surface area contributed by atoms with Gasteiger partial charge in [0.2, 0.25) is 10.0 Å². The van der Waals surface area contributed by atoms with Gasteiger partial charge in [0, 0.05) is 12.1 Å². The van der Waals surface area contributed by atoms with Gasteiger partial charge in [0.1, 0.15) is 5.75 Å². The van der Waals surface area contributed by atoms with Gasteiger partial charge in [0.05, 0.1) is 9.92 Å². The fourth-order valence-corrected chi connectivity index (χ4v) is 3.42. The van der Waals surface area contributed by atoms with Crippen LogP contribution in [0.1, 0.15) is 19.3 Å². The average molecular weight is 377 g/mol. The molecule has 5 nitrogen and oxygen atoms in total. The largest absolute Gasteiger partial charge is 0.433 e. The topological polar surface area (TPSA) is 81.4 Å². The number of hydrogen-bond donors (Lipinski definition) is 2. The van der Waals surface area contributed by atoms with Crippen molar-refractivity contribution in [3.63, 3.8) is 0 Å². The van der Waals surface area contributed by atoms with Gasteiger partial charge in [-0.15, -0.1) is 12.4 Å². The Hall–Kier alpha value is -0.670. The van der Waals surface area contributed by atoms with Crippen LogP contribution in [0.2, 0.25) is 5.02 Å². The zero-order chi connectivity index (χ0) is 15.7. The highest BCUT2D eigenvalue weighted by Crippen LogP contribution is 2.30. The molecular formula is C12H16Cl2F2N2O3S. The lowest BCUT2D eigenvalue weighted by molar-refractivity contribution is -0.0498. The number of nitrogens with two attached hydrogens (primary N) is 1. The predicted molar refractivity (Wildman–Crippen MR) is 81.3 cm³/mol. The van der Waals surface area contributed by atoms with Gasteiger partial charge in [-0.1, -0.05) is 11.6 Å². The highest BCUT2D eigenvalue weighted by atomic mass is 35.5. The molecule has 0 aromatic heterocycles. The highest BCUT2D eigenvalue weighted by Gasteiger charge is 2.33. The van der Waals surface area contributed by atoms with Crippen LogP contribution in [0.25, 0.3) is 0 Å². The van der Waals surface area contributed by atoms with E-state index in [9.17, 15) is 17.2 Å². The molecule has 0 amide bonds. The van der Waals surface area contributed by atoms with Gasteiger partial charge in [-0.2, -0.15) is 8.78 Å². The predicted octanol–water partition coefficient (Wildman–Crippen LogP) is 2.52. The van der Waals surface area contributed by atoms with Crippen molar-refractivity contribution in [1.29, 1.82) is 0 Å². The third-order valence-electron chi connectivity index (χ3n) is 3.39. The molecule has 2 rings (SSSR count). The maximum atomic E-state index is 12.1. The van der Waals surface area contributed by atoms with E-state index in [-0.39, 0.29) is 34.6 Å². The number of sulfonamides is 1. The Kier molecular flexibility index (Phi) is 6.40. The average Bonchev–Trinajstić information content (AvgIpc) is 2.36. The molecule has 1 aromatic rings. The summed E-state index contributed by atoms with van der Waals surface area (Å²) in [6.07, 6.45) is 2.50. The highest BCUT2D eigenvalue weighted by molar-refractivity contribution is 7.89. The quantitative estimate of drug-likeness (QED) is 0.798. The molecule has 22 heavy (non-hydrogen) atoms. The second kappa shape index (κ2) is 7.27. The minimum atomic E-state index is -3.79. The van der Waals surface area contributed by atoms with E-state index in [2.05, 4.69) is 9.46 Å². The van der Waals surface area contributed by atoms with Crippen LogP contribution in [0.15, 0.2) is 23.1 Å². The van der Waals surface area contributed by atoms with E-state index in [0.717, 1.165) is 37.5 Å². The maximum Gasteiger partial charge on any atom is 0.387 e. The van der Waals surface area contributed by atoms with Gasteiger partial charge >= 0.3 is 6.61 Å². The van der Waals surface area contributed by atoms with Crippen molar-refractivity contribution in [2.75, 3.05) is 6.54 Å². The molecule has 0 heterocycles. The van der Waals surface area contributed by atoms with E-state index < -0.39 is 22.2 Å². The number of ether oxygens (including phenoxy) is 1. The monoisotopic (exact) mass is 376 g/mol. The first-order valence-corrected chi connectivity index (χ1v) is 8.11. The van der Waals surface area contributed by atoms with Gasteiger partial charge in [0.15, 0.2) is 0 Å². The molecule has 1 saturated carbocycles. The van der Waals surface area contributed by atoms with E-state index in [0.29, 0.717) is 0 Å². The molecule has 0 unspecified atom stereocenters. The van der Waals surface area contributed by atoms with Crippen LogP contribution in [0.3, 0.4) is 0 Å². The summed E-state index contributed by atoms with van der Waals surface area (Å²) in [5.41, 5.74) is 5.44. The van der Waals surface area contributed by atoms with Crippen LogP contribution < -0.4 is 15.2 Å². The zero-order valence-corrected chi connectivity index (χ0v) is 13.8. The number of halogens is 4. The molecule has 1 aromatic carbocycles. The van der Waals surface area contributed by atoms with Crippen LogP contribution in [0, 0.1) is 0 Å². The van der Waals surface area contributed by atoms with Crippen molar-refractivity contribution in [3.8, 4) is 5.75 Å². The van der Waals surface area contributed by atoms with E-state index in [4.69, 9.17) is 17.3 Å². The Labute approximate surface area is 138 Å². The molecule has 0 aliphatic heterocycles. The lowest BCUT2D eigenvalue weighted by atomic mass is 9.78. The molecular weight excluding hydrogens is 361 g/mol. The van der Waals surface area contributed by atoms with E-state index >= 15 is 0 Å². The minimum absolute atomic E-state index is 0. The summed E-state index contributed by atoms with van der Waals surface area (Å²) in [4.78, 5) is -0.128. The molecule has 3 N–H and O–H groups in total. The van der Waals surface area contributed by atoms with Crippen molar-refractivity contribution in [1.82, 2.24) is 4.72 Å². The fourth-order valence-electron chi connectivity index (χ4n) is 1.97. The summed E-state index contributed by atoms with van der Waals surface area (Å²) in [7, 11) is -3.79. The summed E-state index contributed by atoms with van der Waals surface area (Å²) in [6.45, 7) is -2.90. The van der Waals surface area contributed by atoms with Gasteiger partial charge in [0.25, 0.3) is 0 Å². The van der Waals surface area contributed by atoms with Crippen molar-refractivity contribution >= 4 is 34.0 Å². The standard InChI is InChI=1S/C12H15ClF2N2O3S.ClH/c13-9-6-8(2-3-10(9)20-11(14)15)21(18,19)17-7-12(16)4-1-5-12;/h2-3,6,11,17H,1,4-5,7,16H2;1H. The fraction of sp³-hybridized carbons (Fsp3) is 0.500. The van der Waals surface area contributed by atoms with Gasteiger partial charge in [-0.05, 0) is 37.5 Å². The van der Waals surface area contributed by atoms with Crippen molar-refractivity contribution < 1.29 is 21.9 Å². The maximum absolute atomic E-state index is 12.1. The Morgan fingerprint density at radius 3 is 2.50 bits per heavy atom. The number of alkyl halides is 2. The van der Waals surface area contributed by atoms with Crippen LogP contribution in [0.4, 0.5) is 8.78 Å². The summed E-state index contributed by atoms with van der Waals surface area (Å²) in [5.74, 6) is -0.278. The van der Waals surface area contributed by atoms with Crippen molar-refractivity contribution in [2.24, 2.45) is 5.73 Å². The lowest BCUT2D eigenvalue weighted by Gasteiger charge is -2.38. The molecule has 0 bridgehead atoms. The third kappa shape index (κ3) is 4.66. The van der Waals surface area contributed by atoms with Gasteiger partial charge in [-0.3, -0.25) is 0 Å². The van der Waals surface area contributed by atoms with Crippen LogP contribution in [-0.2, 0) is 10.0 Å². The molecule has 126 valence electrons. The molecule has 0 atom stereocenters. The molecule has 1 aliphatic rings. The molecule has 0 radical (unpaired) electrons. The Morgan fingerprint density at radius 2 is 2.05 bits per heavy atom. The number of rotatable bonds is 6. The minimum Gasteiger partial charge on any atom is -0.433 e. The summed E-state index contributed by atoms with van der Waals surface area (Å²) in [6, 6.07) is 3.30. The summed E-state index contributed by atoms with van der Waals surface area (Å²) >= 11 is 5.73. The second-order valence-electron chi connectivity index (χ2n) is 5.01. The van der Waals surface area contributed by atoms with Crippen LogP contribution >= 0.6 is 24.0 Å². The Balaban J connectivity index is 0.00000242. The first-order valence-electron chi connectivity index (χ1n) is 6.25. The zero-order valence-electron chi connectivity index (χ0n) is 11.4. The molecule has 0 saturated heterocycles. The molecule has 1 fully saturated rings. The SMILES string of the molecule is Cl.NC1(CNS(=O)(=O)c2ccc(OC(F)F)c(Cl)c2)CCC1. The summed E-state index contributed by atoms with van der Waals surface area (Å²) in [5, 5.41) is -0.204. The van der Waals surface area contributed by atoms with E-state index in [1.165, 1.54) is 0 Å².